The van der Waals surface area contributed by atoms with Crippen molar-refractivity contribution in [2.45, 2.75) is 41.5 Å². The largest absolute Gasteiger partial charge is 0.469 e. The Hall–Kier alpha value is -1.22. The average molecular weight is 358 g/mol. The molecule has 0 aromatic rings. The number of esters is 2. The van der Waals surface area contributed by atoms with Crippen molar-refractivity contribution < 1.29 is 38.0 Å². The van der Waals surface area contributed by atoms with Gasteiger partial charge in [0.15, 0.2) is 0 Å². The Kier molecular flexibility index (Phi) is 53.8. The summed E-state index contributed by atoms with van der Waals surface area (Å²) in [5, 5.41) is 0. The molecular weight excluding hydrogens is 320 g/mol. The zero-order valence-corrected chi connectivity index (χ0v) is 15.8. The first-order valence-electron chi connectivity index (χ1n) is 7.16. The van der Waals surface area contributed by atoms with E-state index in [-0.39, 0.29) is 19.4 Å². The molecule has 8 nitrogen and oxygen atoms in total. The molecule has 0 aliphatic carbocycles. The molecule has 0 rings (SSSR count). The van der Waals surface area contributed by atoms with Crippen molar-refractivity contribution in [2.24, 2.45) is 0 Å². The highest BCUT2D eigenvalue weighted by atomic mass is 16.7. The lowest BCUT2D eigenvalue weighted by Crippen LogP contribution is -1.95. The van der Waals surface area contributed by atoms with Crippen LogP contribution >= 0.6 is 0 Å². The molecule has 0 amide bonds. The van der Waals surface area contributed by atoms with Crippen molar-refractivity contribution in [3.05, 3.63) is 0 Å². The lowest BCUT2D eigenvalue weighted by atomic mass is 10.5. The molecule has 0 aliphatic heterocycles. The summed E-state index contributed by atoms with van der Waals surface area (Å²) >= 11 is 0. The quantitative estimate of drug-likeness (QED) is 0.390. The zero-order chi connectivity index (χ0) is 18.9. The minimum absolute atomic E-state index is 0. The van der Waals surface area contributed by atoms with Crippen molar-refractivity contribution in [2.75, 3.05) is 55.2 Å². The van der Waals surface area contributed by atoms with Crippen LogP contribution in [0.1, 0.15) is 41.5 Å². The standard InChI is InChI=1S/C4H10O2.2C4H8O2.C3H8O2.CH4/c1-3-6-4-5-2;1-3-4(5)6-2;1-3-6-4(2)5;1-4-3-5-2;/h3-4H2,1-2H3;2*3H2,1-2H3;3H2,1-2H3;1H4. The Balaban J connectivity index is -0.0000000661. The van der Waals surface area contributed by atoms with E-state index in [4.69, 9.17) is 4.74 Å². The highest BCUT2D eigenvalue weighted by molar-refractivity contribution is 5.68. The van der Waals surface area contributed by atoms with E-state index in [1.165, 1.54) is 14.0 Å². The number of carbonyl (C=O) groups is 2. The summed E-state index contributed by atoms with van der Waals surface area (Å²) in [4.78, 5) is 19.8. The second-order valence-electron chi connectivity index (χ2n) is 3.45. The number of ether oxygens (including phenoxy) is 6. The normalized spacial score (nSPS) is 7.83. The second kappa shape index (κ2) is 37.8. The van der Waals surface area contributed by atoms with Gasteiger partial charge >= 0.3 is 11.9 Å². The minimum atomic E-state index is -0.211. The molecule has 0 aromatic heterocycles. The van der Waals surface area contributed by atoms with E-state index in [1.807, 2.05) is 6.92 Å². The Morgan fingerprint density at radius 2 is 1.25 bits per heavy atom. The third kappa shape index (κ3) is 70.0. The van der Waals surface area contributed by atoms with Crippen LogP contribution in [0.4, 0.5) is 0 Å². The van der Waals surface area contributed by atoms with Gasteiger partial charge in [0.1, 0.15) is 13.6 Å². The van der Waals surface area contributed by atoms with Gasteiger partial charge in [-0.2, -0.15) is 0 Å². The molecule has 0 aromatic carbocycles. The van der Waals surface area contributed by atoms with Gasteiger partial charge in [0.25, 0.3) is 0 Å². The summed E-state index contributed by atoms with van der Waals surface area (Å²) in [6.45, 7) is 8.87. The Morgan fingerprint density at radius 3 is 1.29 bits per heavy atom. The van der Waals surface area contributed by atoms with E-state index in [9.17, 15) is 9.59 Å². The van der Waals surface area contributed by atoms with Gasteiger partial charge in [0, 0.05) is 41.3 Å². The number of rotatable bonds is 7. The maximum atomic E-state index is 9.96. The van der Waals surface area contributed by atoms with E-state index in [2.05, 4.69) is 23.7 Å². The summed E-state index contributed by atoms with van der Waals surface area (Å²) in [6, 6.07) is 0. The van der Waals surface area contributed by atoms with Crippen LogP contribution < -0.4 is 0 Å². The Morgan fingerprint density at radius 1 is 0.792 bits per heavy atom. The van der Waals surface area contributed by atoms with Crippen molar-refractivity contribution >= 4 is 11.9 Å². The molecule has 0 saturated carbocycles. The van der Waals surface area contributed by atoms with Gasteiger partial charge in [-0.15, -0.1) is 0 Å². The molecule has 0 saturated heterocycles. The molecule has 0 heterocycles. The summed E-state index contributed by atoms with van der Waals surface area (Å²) in [5.41, 5.74) is 0. The number of methoxy groups -OCH3 is 4. The first-order chi connectivity index (χ1) is 10.9. The van der Waals surface area contributed by atoms with Gasteiger partial charge in [0.05, 0.1) is 13.7 Å². The van der Waals surface area contributed by atoms with Crippen LogP contribution in [0, 0.1) is 0 Å². The van der Waals surface area contributed by atoms with E-state index in [1.54, 1.807) is 35.2 Å². The van der Waals surface area contributed by atoms with Gasteiger partial charge in [0.2, 0.25) is 0 Å². The fourth-order valence-electron chi connectivity index (χ4n) is 0.632. The molecule has 0 radical (unpaired) electrons. The van der Waals surface area contributed by atoms with Gasteiger partial charge in [-0.25, -0.2) is 0 Å². The third-order valence-corrected chi connectivity index (χ3v) is 1.50. The van der Waals surface area contributed by atoms with Gasteiger partial charge in [-0.1, -0.05) is 14.4 Å². The fourth-order valence-corrected chi connectivity index (χ4v) is 0.632. The van der Waals surface area contributed by atoms with Crippen LogP contribution in [0.2, 0.25) is 0 Å². The van der Waals surface area contributed by atoms with Crippen LogP contribution in [-0.4, -0.2) is 67.2 Å². The predicted octanol–water partition coefficient (Wildman–Crippen LogP) is 2.64. The van der Waals surface area contributed by atoms with Crippen LogP contribution in [0.5, 0.6) is 0 Å². The summed E-state index contributed by atoms with van der Waals surface area (Å²) in [5.74, 6) is -0.368. The van der Waals surface area contributed by atoms with E-state index < -0.39 is 0 Å². The van der Waals surface area contributed by atoms with Crippen molar-refractivity contribution in [3.63, 3.8) is 0 Å². The lowest BCUT2D eigenvalue weighted by Gasteiger charge is -1.93. The van der Waals surface area contributed by atoms with E-state index >= 15 is 0 Å². The average Bonchev–Trinajstić information content (AvgIpc) is 2.54. The van der Waals surface area contributed by atoms with Gasteiger partial charge in [-0.05, 0) is 13.8 Å². The van der Waals surface area contributed by atoms with Crippen molar-refractivity contribution in [3.8, 4) is 0 Å². The molecule has 0 N–H and O–H groups in total. The summed E-state index contributed by atoms with van der Waals surface area (Å²) < 4.78 is 26.9. The summed E-state index contributed by atoms with van der Waals surface area (Å²) in [6.07, 6.45) is 0.469. The predicted molar refractivity (Wildman–Crippen MR) is 93.7 cm³/mol. The minimum Gasteiger partial charge on any atom is -0.469 e. The molecule has 0 bridgehead atoms. The van der Waals surface area contributed by atoms with E-state index in [0.717, 1.165) is 6.61 Å². The molecular formula is C16H38O8. The monoisotopic (exact) mass is 358 g/mol. The molecule has 150 valence electrons. The number of carbonyl (C=O) groups excluding carboxylic acids is 2. The number of hydrogen-bond donors (Lipinski definition) is 0. The smallest absolute Gasteiger partial charge is 0.305 e. The number of hydrogen-bond acceptors (Lipinski definition) is 8. The molecule has 0 unspecified atom stereocenters. The highest BCUT2D eigenvalue weighted by Gasteiger charge is 1.87. The van der Waals surface area contributed by atoms with E-state index in [0.29, 0.717) is 26.6 Å². The second-order valence-corrected chi connectivity index (χ2v) is 3.45. The molecule has 0 spiro atoms. The van der Waals surface area contributed by atoms with Crippen LogP contribution in [0.3, 0.4) is 0 Å². The highest BCUT2D eigenvalue weighted by Crippen LogP contribution is 1.76. The van der Waals surface area contributed by atoms with Crippen LogP contribution in [0.15, 0.2) is 0 Å². The van der Waals surface area contributed by atoms with Crippen molar-refractivity contribution in [1.29, 1.82) is 0 Å². The van der Waals surface area contributed by atoms with Gasteiger partial charge in [-0.3, -0.25) is 9.59 Å². The van der Waals surface area contributed by atoms with Crippen molar-refractivity contribution in [1.82, 2.24) is 0 Å². The Labute approximate surface area is 147 Å². The third-order valence-electron chi connectivity index (χ3n) is 1.50. The maximum absolute atomic E-state index is 9.96. The fraction of sp³-hybridized carbons (Fsp3) is 0.875. The van der Waals surface area contributed by atoms with Crippen LogP contribution in [0.25, 0.3) is 0 Å². The lowest BCUT2D eigenvalue weighted by molar-refractivity contribution is -0.141. The SMILES string of the molecule is C.CCC(=O)OC.CCOC(C)=O.CCOCOC.COCOC. The molecule has 8 heteroatoms. The first kappa shape index (κ1) is 34.2. The molecule has 0 fully saturated rings. The zero-order valence-electron chi connectivity index (χ0n) is 15.8. The summed E-state index contributed by atoms with van der Waals surface area (Å²) in [7, 11) is 6.16. The first-order valence-corrected chi connectivity index (χ1v) is 7.16. The molecule has 24 heavy (non-hydrogen) atoms. The molecule has 0 aliphatic rings. The van der Waals surface area contributed by atoms with Gasteiger partial charge < -0.3 is 28.4 Å². The topological polar surface area (TPSA) is 89.5 Å². The maximum Gasteiger partial charge on any atom is 0.305 e. The van der Waals surface area contributed by atoms with Crippen LogP contribution in [-0.2, 0) is 38.0 Å². The Bertz CT molecular complexity index is 210. The molecule has 0 atom stereocenters.